The summed E-state index contributed by atoms with van der Waals surface area (Å²) < 4.78 is 0. The van der Waals surface area contributed by atoms with Gasteiger partial charge in [-0.1, -0.05) is 42.5 Å². The molecule has 0 bridgehead atoms. The number of aromatic nitrogens is 1. The lowest BCUT2D eigenvalue weighted by atomic mass is 10.1. The number of fused-ring (bicyclic) bond motifs is 1. The molecule has 1 heterocycles. The Bertz CT molecular complexity index is 885. The minimum absolute atomic E-state index is 0.0662. The third-order valence-electron chi connectivity index (χ3n) is 4.12. The molecule has 4 nitrogen and oxygen atoms in total. The number of carbonyl (C=O) groups is 1. The summed E-state index contributed by atoms with van der Waals surface area (Å²) in [5.74, 6) is -0.0662. The molecule has 4 heteroatoms. The van der Waals surface area contributed by atoms with E-state index < -0.39 is 0 Å². The topological polar surface area (TPSA) is 46.4 Å². The fourth-order valence-corrected chi connectivity index (χ4v) is 2.96. The maximum atomic E-state index is 12.7. The molecule has 2 aromatic carbocycles. The number of hydrogen-bond donors (Lipinski definition) is 2. The fraction of sp³-hybridized carbons (Fsp3) is 0.238. The first kappa shape index (κ1) is 17.1. The quantitative estimate of drug-likeness (QED) is 0.751. The van der Waals surface area contributed by atoms with Crippen LogP contribution in [0, 0.1) is 6.92 Å². The van der Waals surface area contributed by atoms with Crippen LogP contribution in [0.1, 0.15) is 27.2 Å². The van der Waals surface area contributed by atoms with Crippen LogP contribution in [0.5, 0.6) is 0 Å². The first-order chi connectivity index (χ1) is 12.0. The van der Waals surface area contributed by atoms with Gasteiger partial charge in [-0.25, -0.2) is 0 Å². The third-order valence-corrected chi connectivity index (χ3v) is 4.12. The van der Waals surface area contributed by atoms with Crippen LogP contribution in [-0.4, -0.2) is 25.0 Å². The summed E-state index contributed by atoms with van der Waals surface area (Å²) in [6.07, 6.45) is 0. The van der Waals surface area contributed by atoms with Crippen LogP contribution in [0.25, 0.3) is 10.9 Å². The highest BCUT2D eigenvalue weighted by Gasteiger charge is 2.11. The fourth-order valence-electron chi connectivity index (χ4n) is 2.96. The molecule has 0 saturated carbocycles. The first-order valence-corrected chi connectivity index (χ1v) is 8.54. The largest absolute Gasteiger partial charge is 0.348 e. The van der Waals surface area contributed by atoms with Gasteiger partial charge in [-0.2, -0.15) is 0 Å². The third kappa shape index (κ3) is 4.22. The predicted octanol–water partition coefficient (Wildman–Crippen LogP) is 2.12. The van der Waals surface area contributed by atoms with Crippen LogP contribution < -0.4 is 10.2 Å². The Morgan fingerprint density at radius 1 is 1.04 bits per heavy atom. The van der Waals surface area contributed by atoms with Crippen molar-refractivity contribution in [1.82, 2.24) is 10.3 Å². The van der Waals surface area contributed by atoms with Crippen molar-refractivity contribution in [3.63, 3.8) is 0 Å². The molecule has 0 aliphatic heterocycles. The highest BCUT2D eigenvalue weighted by atomic mass is 16.1. The molecular weight excluding hydrogens is 310 g/mol. The average Bonchev–Trinajstić information content (AvgIpc) is 2.59. The van der Waals surface area contributed by atoms with E-state index in [1.165, 1.54) is 10.5 Å². The molecule has 3 aromatic rings. The monoisotopic (exact) mass is 334 g/mol. The molecule has 0 saturated heterocycles. The van der Waals surface area contributed by atoms with Gasteiger partial charge in [-0.05, 0) is 24.6 Å². The molecule has 128 valence electrons. The summed E-state index contributed by atoms with van der Waals surface area (Å²) in [6, 6.07) is 18.0. The van der Waals surface area contributed by atoms with Crippen molar-refractivity contribution in [2.75, 3.05) is 14.1 Å². The molecule has 0 atom stereocenters. The second-order valence-corrected chi connectivity index (χ2v) is 6.71. The molecule has 0 radical (unpaired) electrons. The van der Waals surface area contributed by atoms with Crippen molar-refractivity contribution in [2.45, 2.75) is 20.0 Å². The number of aryl methyl sites for hydroxylation is 1. The lowest BCUT2D eigenvalue weighted by Crippen LogP contribution is -3.04. The zero-order valence-electron chi connectivity index (χ0n) is 15.0. The number of carbonyl (C=O) groups excluding carboxylic acids is 1. The van der Waals surface area contributed by atoms with E-state index in [0.717, 1.165) is 28.7 Å². The molecule has 0 fully saturated rings. The highest BCUT2D eigenvalue weighted by molar-refractivity contribution is 6.06. The summed E-state index contributed by atoms with van der Waals surface area (Å²) in [5.41, 5.74) is 4.77. The van der Waals surface area contributed by atoms with Crippen molar-refractivity contribution in [3.05, 3.63) is 77.0 Å². The Morgan fingerprint density at radius 3 is 2.44 bits per heavy atom. The maximum Gasteiger partial charge on any atom is 0.252 e. The second-order valence-electron chi connectivity index (χ2n) is 6.71. The molecule has 25 heavy (non-hydrogen) atoms. The van der Waals surface area contributed by atoms with Crippen molar-refractivity contribution < 1.29 is 9.69 Å². The lowest BCUT2D eigenvalue weighted by molar-refractivity contribution is -0.872. The second kappa shape index (κ2) is 7.45. The van der Waals surface area contributed by atoms with Gasteiger partial charge in [0.2, 0.25) is 0 Å². The van der Waals surface area contributed by atoms with Gasteiger partial charge < -0.3 is 10.2 Å². The Morgan fingerprint density at radius 2 is 1.72 bits per heavy atom. The van der Waals surface area contributed by atoms with Gasteiger partial charge in [0, 0.05) is 23.2 Å². The summed E-state index contributed by atoms with van der Waals surface area (Å²) >= 11 is 0. The molecule has 0 unspecified atom stereocenters. The summed E-state index contributed by atoms with van der Waals surface area (Å²) in [7, 11) is 4.27. The number of pyridine rings is 1. The smallest absolute Gasteiger partial charge is 0.252 e. The minimum Gasteiger partial charge on any atom is -0.348 e. The van der Waals surface area contributed by atoms with Crippen LogP contribution in [-0.2, 0) is 13.1 Å². The summed E-state index contributed by atoms with van der Waals surface area (Å²) in [6.45, 7) is 3.42. The lowest BCUT2D eigenvalue weighted by Gasteiger charge is -2.10. The van der Waals surface area contributed by atoms with Crippen LogP contribution >= 0.6 is 0 Å². The minimum atomic E-state index is -0.0662. The van der Waals surface area contributed by atoms with Crippen molar-refractivity contribution >= 4 is 16.8 Å². The van der Waals surface area contributed by atoms with Crippen LogP contribution in [0.15, 0.2) is 54.6 Å². The van der Waals surface area contributed by atoms with E-state index in [0.29, 0.717) is 12.1 Å². The van der Waals surface area contributed by atoms with Gasteiger partial charge in [0.05, 0.1) is 25.2 Å². The van der Waals surface area contributed by atoms with Crippen LogP contribution in [0.2, 0.25) is 0 Å². The van der Waals surface area contributed by atoms with E-state index in [1.54, 1.807) is 0 Å². The standard InChI is InChI=1S/C21H23N3O/c1-15-12-19(18-6-4-5-7-20(18)23-15)21(25)22-13-16-8-10-17(11-9-16)14-24(2)3/h4-12H,13-14H2,1-3H3,(H,22,25)/p+1. The summed E-state index contributed by atoms with van der Waals surface area (Å²) in [4.78, 5) is 18.5. The van der Waals surface area contributed by atoms with E-state index in [-0.39, 0.29) is 5.91 Å². The molecule has 2 N–H and O–H groups in total. The molecule has 0 spiro atoms. The Hall–Kier alpha value is -2.72. The maximum absolute atomic E-state index is 12.7. The number of amides is 1. The van der Waals surface area contributed by atoms with E-state index in [2.05, 4.69) is 48.7 Å². The number of benzene rings is 2. The number of nitrogens with zero attached hydrogens (tertiary/aromatic N) is 1. The van der Waals surface area contributed by atoms with E-state index >= 15 is 0 Å². The number of rotatable bonds is 5. The van der Waals surface area contributed by atoms with Gasteiger partial charge in [0.25, 0.3) is 5.91 Å². The highest BCUT2D eigenvalue weighted by Crippen LogP contribution is 2.18. The number of para-hydroxylation sites is 1. The van der Waals surface area contributed by atoms with Gasteiger partial charge in [-0.3, -0.25) is 9.78 Å². The van der Waals surface area contributed by atoms with Crippen LogP contribution in [0.3, 0.4) is 0 Å². The van der Waals surface area contributed by atoms with Crippen molar-refractivity contribution in [3.8, 4) is 0 Å². The van der Waals surface area contributed by atoms with Crippen molar-refractivity contribution in [1.29, 1.82) is 0 Å². The molecule has 1 aromatic heterocycles. The number of quaternary nitrogens is 1. The van der Waals surface area contributed by atoms with E-state index in [1.807, 2.05) is 37.3 Å². The number of nitrogens with one attached hydrogen (secondary N) is 2. The van der Waals surface area contributed by atoms with Crippen LogP contribution in [0.4, 0.5) is 0 Å². The molecular formula is C21H24N3O+. The normalized spacial score (nSPS) is 11.0. The molecule has 1 amide bonds. The van der Waals surface area contributed by atoms with Gasteiger partial charge in [0.1, 0.15) is 6.54 Å². The van der Waals surface area contributed by atoms with E-state index in [4.69, 9.17) is 0 Å². The Kier molecular flexibility index (Phi) is 5.10. The zero-order valence-corrected chi connectivity index (χ0v) is 15.0. The zero-order chi connectivity index (χ0) is 17.8. The van der Waals surface area contributed by atoms with Gasteiger partial charge in [-0.15, -0.1) is 0 Å². The molecule has 3 rings (SSSR count). The van der Waals surface area contributed by atoms with E-state index in [9.17, 15) is 4.79 Å². The SMILES string of the molecule is Cc1cc(C(=O)NCc2ccc(C[NH+](C)C)cc2)c2ccccc2n1. The van der Waals surface area contributed by atoms with Gasteiger partial charge >= 0.3 is 0 Å². The summed E-state index contributed by atoms with van der Waals surface area (Å²) in [5, 5.41) is 3.91. The predicted molar refractivity (Wildman–Crippen MR) is 101 cm³/mol. The Labute approximate surface area is 148 Å². The Balaban J connectivity index is 1.73. The molecule has 0 aliphatic rings. The van der Waals surface area contributed by atoms with Gasteiger partial charge in [0.15, 0.2) is 0 Å². The molecule has 0 aliphatic carbocycles. The average molecular weight is 334 g/mol. The first-order valence-electron chi connectivity index (χ1n) is 8.54. The van der Waals surface area contributed by atoms with Crippen molar-refractivity contribution in [2.24, 2.45) is 0 Å². The number of hydrogen-bond acceptors (Lipinski definition) is 2.